The minimum Gasteiger partial charge on any atom is -0.481 e. The molecule has 1 rings (SSSR count). The predicted molar refractivity (Wildman–Crippen MR) is 64.5 cm³/mol. The molecule has 94 valence electrons. The molecule has 0 fully saturated rings. The van der Waals surface area contributed by atoms with Gasteiger partial charge in [-0.15, -0.1) is 0 Å². The van der Waals surface area contributed by atoms with Crippen LogP contribution in [0.2, 0.25) is 0 Å². The molecule has 0 unspecified atom stereocenters. The third-order valence-corrected chi connectivity index (χ3v) is 2.16. The normalized spacial score (nSPS) is 12.5. The Labute approximate surface area is 100 Å². The van der Waals surface area contributed by atoms with Crippen LogP contribution in [0.25, 0.3) is 0 Å². The fourth-order valence-electron chi connectivity index (χ4n) is 1.22. The van der Waals surface area contributed by atoms with E-state index < -0.39 is 12.0 Å². The second-order valence-electron chi connectivity index (χ2n) is 4.32. The van der Waals surface area contributed by atoms with E-state index in [1.165, 1.54) is 0 Å². The van der Waals surface area contributed by atoms with Crippen LogP contribution in [0.1, 0.15) is 31.9 Å². The van der Waals surface area contributed by atoms with Gasteiger partial charge in [0.05, 0.1) is 6.42 Å². The number of nitrogens with two attached hydrogens (primary N) is 1. The fourth-order valence-corrected chi connectivity index (χ4v) is 1.22. The molecule has 4 N–H and O–H groups in total. The van der Waals surface area contributed by atoms with Crippen LogP contribution in [0.5, 0.6) is 0 Å². The number of carboxylic acids is 1. The Morgan fingerprint density at radius 2 is 2.06 bits per heavy atom. The van der Waals surface area contributed by atoms with Crippen molar-refractivity contribution >= 4 is 11.9 Å². The van der Waals surface area contributed by atoms with Gasteiger partial charge in [0.2, 0.25) is 5.95 Å². The predicted octanol–water partition coefficient (Wildman–Crippen LogP) is 1.02. The van der Waals surface area contributed by atoms with Crippen LogP contribution < -0.4 is 11.1 Å². The highest BCUT2D eigenvalue weighted by molar-refractivity contribution is 5.67. The Hall–Kier alpha value is -1.69. The largest absolute Gasteiger partial charge is 0.481 e. The molecule has 1 atom stereocenters. The smallest absolute Gasteiger partial charge is 0.305 e. The molecule has 1 aromatic heterocycles. The van der Waals surface area contributed by atoms with Gasteiger partial charge in [-0.05, 0) is 5.92 Å². The molecule has 0 radical (unpaired) electrons. The van der Waals surface area contributed by atoms with E-state index in [0.717, 1.165) is 6.54 Å². The van der Waals surface area contributed by atoms with Gasteiger partial charge in [-0.2, -0.15) is 0 Å². The van der Waals surface area contributed by atoms with Crippen LogP contribution in [0, 0.1) is 5.92 Å². The van der Waals surface area contributed by atoms with E-state index in [0.29, 0.717) is 17.4 Å². The molecular weight excluding hydrogens is 220 g/mol. The molecule has 0 aliphatic rings. The van der Waals surface area contributed by atoms with Crippen molar-refractivity contribution in [1.29, 1.82) is 0 Å². The summed E-state index contributed by atoms with van der Waals surface area (Å²) in [5, 5.41) is 11.7. The molecule has 1 aromatic rings. The van der Waals surface area contributed by atoms with E-state index in [1.807, 2.05) is 0 Å². The first-order valence-electron chi connectivity index (χ1n) is 5.52. The lowest BCUT2D eigenvalue weighted by Crippen LogP contribution is -2.16. The van der Waals surface area contributed by atoms with E-state index in [1.54, 1.807) is 12.4 Å². The van der Waals surface area contributed by atoms with Gasteiger partial charge in [0.1, 0.15) is 0 Å². The number of carboxylic acid groups (broad SMARTS) is 1. The van der Waals surface area contributed by atoms with Crippen molar-refractivity contribution in [1.82, 2.24) is 9.97 Å². The zero-order chi connectivity index (χ0) is 12.8. The summed E-state index contributed by atoms with van der Waals surface area (Å²) >= 11 is 0. The second kappa shape index (κ2) is 6.15. The van der Waals surface area contributed by atoms with Crippen LogP contribution in [0.15, 0.2) is 12.4 Å². The molecule has 0 bridgehead atoms. The quantitative estimate of drug-likeness (QED) is 0.684. The summed E-state index contributed by atoms with van der Waals surface area (Å²) in [7, 11) is 0. The van der Waals surface area contributed by atoms with Gasteiger partial charge >= 0.3 is 5.97 Å². The van der Waals surface area contributed by atoms with Gasteiger partial charge in [-0.25, -0.2) is 9.97 Å². The third-order valence-electron chi connectivity index (χ3n) is 2.16. The Morgan fingerprint density at radius 3 is 2.53 bits per heavy atom. The maximum atomic E-state index is 10.5. The lowest BCUT2D eigenvalue weighted by Gasteiger charge is -2.10. The standard InChI is InChI=1S/C11H18N4O2/c1-7(2)4-13-11-14-5-8(6-15-11)9(12)3-10(16)17/h5-7,9H,3-4,12H2,1-2H3,(H,16,17)(H,13,14,15)/t9-/m1/s1. The zero-order valence-electron chi connectivity index (χ0n) is 10.1. The average Bonchev–Trinajstić information content (AvgIpc) is 2.26. The molecule has 0 aromatic carbocycles. The van der Waals surface area contributed by atoms with Gasteiger partial charge in [-0.1, -0.05) is 13.8 Å². The molecule has 0 aliphatic heterocycles. The minimum absolute atomic E-state index is 0.123. The van der Waals surface area contributed by atoms with Crippen LogP contribution in [0.4, 0.5) is 5.95 Å². The summed E-state index contributed by atoms with van der Waals surface area (Å²) in [6.07, 6.45) is 2.99. The zero-order valence-corrected chi connectivity index (χ0v) is 10.1. The number of hydrogen-bond donors (Lipinski definition) is 3. The van der Waals surface area contributed by atoms with Gasteiger partial charge in [0.25, 0.3) is 0 Å². The number of carbonyl (C=O) groups is 1. The van der Waals surface area contributed by atoms with Crippen molar-refractivity contribution in [3.05, 3.63) is 18.0 Å². The summed E-state index contributed by atoms with van der Waals surface area (Å²) in [5.74, 6) is 0.108. The number of anilines is 1. The minimum atomic E-state index is -0.931. The fraction of sp³-hybridized carbons (Fsp3) is 0.545. The van der Waals surface area contributed by atoms with Crippen molar-refractivity contribution in [3.63, 3.8) is 0 Å². The first-order chi connectivity index (χ1) is 7.99. The first kappa shape index (κ1) is 13.4. The molecule has 6 heteroatoms. The SMILES string of the molecule is CC(C)CNc1ncc([C@H](N)CC(=O)O)cn1. The number of nitrogens with one attached hydrogen (secondary N) is 1. The molecule has 17 heavy (non-hydrogen) atoms. The highest BCUT2D eigenvalue weighted by atomic mass is 16.4. The Bertz CT molecular complexity index is 364. The maximum Gasteiger partial charge on any atom is 0.305 e. The van der Waals surface area contributed by atoms with Gasteiger partial charge in [0.15, 0.2) is 0 Å². The summed E-state index contributed by atoms with van der Waals surface area (Å²) < 4.78 is 0. The molecule has 6 nitrogen and oxygen atoms in total. The highest BCUT2D eigenvalue weighted by Gasteiger charge is 2.11. The van der Waals surface area contributed by atoms with Gasteiger partial charge < -0.3 is 16.2 Å². The molecule has 0 saturated carbocycles. The summed E-state index contributed by atoms with van der Waals surface area (Å²) in [4.78, 5) is 18.7. The van der Waals surface area contributed by atoms with Gasteiger partial charge in [-0.3, -0.25) is 4.79 Å². The number of aliphatic carboxylic acids is 1. The Kier molecular flexibility index (Phi) is 4.84. The lowest BCUT2D eigenvalue weighted by atomic mass is 10.1. The Morgan fingerprint density at radius 1 is 1.47 bits per heavy atom. The monoisotopic (exact) mass is 238 g/mol. The number of hydrogen-bond acceptors (Lipinski definition) is 5. The van der Waals surface area contributed by atoms with E-state index in [4.69, 9.17) is 10.8 Å². The topological polar surface area (TPSA) is 101 Å². The van der Waals surface area contributed by atoms with Crippen molar-refractivity contribution in [2.45, 2.75) is 26.3 Å². The molecule has 0 amide bonds. The molecule has 1 heterocycles. The summed E-state index contributed by atoms with van der Waals surface area (Å²) in [6, 6.07) is -0.563. The van der Waals surface area contributed by atoms with Crippen molar-refractivity contribution in [3.8, 4) is 0 Å². The Balaban J connectivity index is 2.58. The van der Waals surface area contributed by atoms with Crippen LogP contribution in [-0.4, -0.2) is 27.6 Å². The van der Waals surface area contributed by atoms with Crippen molar-refractivity contribution < 1.29 is 9.90 Å². The van der Waals surface area contributed by atoms with E-state index in [9.17, 15) is 4.79 Å². The van der Waals surface area contributed by atoms with Crippen LogP contribution in [0.3, 0.4) is 0 Å². The maximum absolute atomic E-state index is 10.5. The second-order valence-corrected chi connectivity index (χ2v) is 4.32. The number of nitrogens with zero attached hydrogens (tertiary/aromatic N) is 2. The highest BCUT2D eigenvalue weighted by Crippen LogP contribution is 2.12. The molecule has 0 saturated heterocycles. The van der Waals surface area contributed by atoms with Crippen LogP contribution in [-0.2, 0) is 4.79 Å². The first-order valence-corrected chi connectivity index (χ1v) is 5.52. The van der Waals surface area contributed by atoms with E-state index >= 15 is 0 Å². The number of rotatable bonds is 6. The van der Waals surface area contributed by atoms with E-state index in [2.05, 4.69) is 29.1 Å². The van der Waals surface area contributed by atoms with Crippen molar-refractivity contribution in [2.24, 2.45) is 11.7 Å². The van der Waals surface area contributed by atoms with Crippen molar-refractivity contribution in [2.75, 3.05) is 11.9 Å². The summed E-state index contributed by atoms with van der Waals surface area (Å²) in [6.45, 7) is 4.97. The lowest BCUT2D eigenvalue weighted by molar-refractivity contribution is -0.137. The van der Waals surface area contributed by atoms with Crippen LogP contribution >= 0.6 is 0 Å². The number of aromatic nitrogens is 2. The van der Waals surface area contributed by atoms with E-state index in [-0.39, 0.29) is 6.42 Å². The summed E-state index contributed by atoms with van der Waals surface area (Å²) in [5.41, 5.74) is 6.31. The average molecular weight is 238 g/mol. The molecule has 0 aliphatic carbocycles. The van der Waals surface area contributed by atoms with Gasteiger partial charge in [0, 0.05) is 30.5 Å². The third kappa shape index (κ3) is 4.78. The molecular formula is C11H18N4O2. The molecule has 0 spiro atoms.